The summed E-state index contributed by atoms with van der Waals surface area (Å²) in [4.78, 5) is 14.3. The summed E-state index contributed by atoms with van der Waals surface area (Å²) in [7, 11) is 0. The first-order chi connectivity index (χ1) is 10.0. The smallest absolute Gasteiger partial charge is 0.224 e. The number of carbonyl (C=O) groups is 1. The fourth-order valence-electron chi connectivity index (χ4n) is 2.72. The van der Waals surface area contributed by atoms with Crippen LogP contribution in [0.3, 0.4) is 0 Å². The van der Waals surface area contributed by atoms with Crippen LogP contribution in [0.1, 0.15) is 26.7 Å². The Hall–Kier alpha value is -1.59. The Morgan fingerprint density at radius 2 is 1.90 bits per heavy atom. The van der Waals surface area contributed by atoms with Gasteiger partial charge in [0.25, 0.3) is 0 Å². The minimum Gasteiger partial charge on any atom is -0.399 e. The number of nitrogens with two attached hydrogens (primary N) is 1. The summed E-state index contributed by atoms with van der Waals surface area (Å²) < 4.78 is 5.70. The van der Waals surface area contributed by atoms with Gasteiger partial charge in [0.15, 0.2) is 0 Å². The molecule has 116 valence electrons. The molecule has 0 saturated carbocycles. The third-order valence-corrected chi connectivity index (χ3v) is 3.57. The molecule has 0 aromatic heterocycles. The van der Waals surface area contributed by atoms with Gasteiger partial charge in [0.1, 0.15) is 0 Å². The van der Waals surface area contributed by atoms with Gasteiger partial charge in [-0.2, -0.15) is 0 Å². The number of morpholine rings is 1. The molecular weight excluding hydrogens is 266 g/mol. The fourth-order valence-corrected chi connectivity index (χ4v) is 2.72. The van der Waals surface area contributed by atoms with Crippen LogP contribution in [0.4, 0.5) is 11.4 Å². The Morgan fingerprint density at radius 1 is 1.29 bits per heavy atom. The normalized spacial score (nSPS) is 23.0. The molecule has 21 heavy (non-hydrogen) atoms. The maximum Gasteiger partial charge on any atom is 0.224 e. The van der Waals surface area contributed by atoms with Crippen molar-refractivity contribution in [2.24, 2.45) is 0 Å². The third-order valence-electron chi connectivity index (χ3n) is 3.57. The molecule has 1 amide bonds. The Kier molecular flexibility index (Phi) is 5.59. The van der Waals surface area contributed by atoms with Crippen molar-refractivity contribution in [2.75, 3.05) is 30.7 Å². The van der Waals surface area contributed by atoms with Gasteiger partial charge >= 0.3 is 0 Å². The third kappa shape index (κ3) is 5.36. The molecule has 2 rings (SSSR count). The molecule has 3 N–H and O–H groups in total. The van der Waals surface area contributed by atoms with E-state index in [4.69, 9.17) is 10.5 Å². The van der Waals surface area contributed by atoms with Crippen LogP contribution in [-0.4, -0.2) is 42.6 Å². The molecule has 1 fully saturated rings. The van der Waals surface area contributed by atoms with Crippen molar-refractivity contribution in [3.05, 3.63) is 24.3 Å². The minimum atomic E-state index is 0.0501. The van der Waals surface area contributed by atoms with Crippen LogP contribution in [-0.2, 0) is 9.53 Å². The zero-order chi connectivity index (χ0) is 15.2. The summed E-state index contributed by atoms with van der Waals surface area (Å²) in [5.41, 5.74) is 7.11. The van der Waals surface area contributed by atoms with E-state index in [9.17, 15) is 4.79 Å². The molecule has 1 heterocycles. The lowest BCUT2D eigenvalue weighted by atomic mass is 10.2. The van der Waals surface area contributed by atoms with Crippen molar-refractivity contribution >= 4 is 17.3 Å². The summed E-state index contributed by atoms with van der Waals surface area (Å²) >= 11 is 0. The van der Waals surface area contributed by atoms with Crippen LogP contribution in [0.5, 0.6) is 0 Å². The number of amides is 1. The van der Waals surface area contributed by atoms with Gasteiger partial charge in [-0.15, -0.1) is 0 Å². The van der Waals surface area contributed by atoms with E-state index >= 15 is 0 Å². The van der Waals surface area contributed by atoms with Crippen LogP contribution in [0.15, 0.2) is 24.3 Å². The number of rotatable bonds is 5. The van der Waals surface area contributed by atoms with E-state index in [0.717, 1.165) is 31.7 Å². The Bertz CT molecular complexity index is 451. The first kappa shape index (κ1) is 15.8. The zero-order valence-electron chi connectivity index (χ0n) is 12.8. The fraction of sp³-hybridized carbons (Fsp3) is 0.562. The molecular formula is C16H25N3O2. The lowest BCUT2D eigenvalue weighted by Crippen LogP contribution is -2.45. The molecule has 1 aromatic rings. The van der Waals surface area contributed by atoms with Crippen molar-refractivity contribution in [2.45, 2.75) is 38.9 Å². The molecule has 2 atom stereocenters. The van der Waals surface area contributed by atoms with Crippen molar-refractivity contribution in [1.29, 1.82) is 0 Å². The highest BCUT2D eigenvalue weighted by Gasteiger charge is 2.21. The molecule has 0 spiro atoms. The number of hydrogen-bond donors (Lipinski definition) is 2. The number of nitrogens with one attached hydrogen (secondary N) is 1. The Labute approximate surface area is 126 Å². The highest BCUT2D eigenvalue weighted by molar-refractivity contribution is 5.90. The first-order valence-corrected chi connectivity index (χ1v) is 7.56. The largest absolute Gasteiger partial charge is 0.399 e. The Morgan fingerprint density at radius 3 is 2.52 bits per heavy atom. The average molecular weight is 291 g/mol. The molecule has 1 aromatic carbocycles. The van der Waals surface area contributed by atoms with Gasteiger partial charge in [-0.1, -0.05) is 0 Å². The molecule has 1 aliphatic heterocycles. The molecule has 5 heteroatoms. The maximum atomic E-state index is 11.9. The van der Waals surface area contributed by atoms with Crippen molar-refractivity contribution in [3.8, 4) is 0 Å². The van der Waals surface area contributed by atoms with Crippen molar-refractivity contribution in [1.82, 2.24) is 4.90 Å². The molecule has 0 bridgehead atoms. The van der Waals surface area contributed by atoms with E-state index in [2.05, 4.69) is 24.1 Å². The van der Waals surface area contributed by atoms with Crippen LogP contribution in [0, 0.1) is 0 Å². The molecule has 5 nitrogen and oxygen atoms in total. The highest BCUT2D eigenvalue weighted by atomic mass is 16.5. The summed E-state index contributed by atoms with van der Waals surface area (Å²) in [6, 6.07) is 7.20. The maximum absolute atomic E-state index is 11.9. The van der Waals surface area contributed by atoms with Gasteiger partial charge in [-0.3, -0.25) is 9.69 Å². The van der Waals surface area contributed by atoms with Gasteiger partial charge in [0, 0.05) is 30.9 Å². The van der Waals surface area contributed by atoms with Gasteiger partial charge in [-0.05, 0) is 51.1 Å². The first-order valence-electron chi connectivity index (χ1n) is 7.56. The second-order valence-electron chi connectivity index (χ2n) is 5.79. The zero-order valence-corrected chi connectivity index (χ0v) is 12.8. The van der Waals surface area contributed by atoms with E-state index in [1.165, 1.54) is 0 Å². The number of anilines is 2. The number of carbonyl (C=O) groups excluding carboxylic acids is 1. The standard InChI is InChI=1S/C16H25N3O2/c1-12-10-19(11-13(2)21-12)9-3-4-16(20)18-15-7-5-14(17)6-8-15/h5-8,12-13H,3-4,9-11,17H2,1-2H3,(H,18,20)/t12-,13+. The Balaban J connectivity index is 1.68. The van der Waals surface area contributed by atoms with E-state index in [1.807, 2.05) is 12.1 Å². The summed E-state index contributed by atoms with van der Waals surface area (Å²) in [6.45, 7) is 7.02. The van der Waals surface area contributed by atoms with Gasteiger partial charge in [0.2, 0.25) is 5.91 Å². The molecule has 1 aliphatic rings. The summed E-state index contributed by atoms with van der Waals surface area (Å²) in [5.74, 6) is 0.0501. The van der Waals surface area contributed by atoms with Gasteiger partial charge < -0.3 is 15.8 Å². The molecule has 1 saturated heterocycles. The van der Waals surface area contributed by atoms with E-state index in [0.29, 0.717) is 12.1 Å². The number of nitrogens with zero attached hydrogens (tertiary/aromatic N) is 1. The predicted molar refractivity (Wildman–Crippen MR) is 85.2 cm³/mol. The number of hydrogen-bond acceptors (Lipinski definition) is 4. The van der Waals surface area contributed by atoms with Crippen LogP contribution >= 0.6 is 0 Å². The molecule has 0 radical (unpaired) electrons. The van der Waals surface area contributed by atoms with Crippen LogP contribution < -0.4 is 11.1 Å². The highest BCUT2D eigenvalue weighted by Crippen LogP contribution is 2.13. The second-order valence-corrected chi connectivity index (χ2v) is 5.79. The SMILES string of the molecule is C[C@@H]1CN(CCCC(=O)Nc2ccc(N)cc2)C[C@H](C)O1. The average Bonchev–Trinajstić information content (AvgIpc) is 2.40. The summed E-state index contributed by atoms with van der Waals surface area (Å²) in [6.07, 6.45) is 1.94. The van der Waals surface area contributed by atoms with Crippen LogP contribution in [0.2, 0.25) is 0 Å². The molecule has 0 aliphatic carbocycles. The lowest BCUT2D eigenvalue weighted by Gasteiger charge is -2.35. The number of nitrogen functional groups attached to an aromatic ring is 1. The van der Waals surface area contributed by atoms with E-state index in [-0.39, 0.29) is 18.1 Å². The second kappa shape index (κ2) is 7.43. The molecule has 0 unspecified atom stereocenters. The van der Waals surface area contributed by atoms with Gasteiger partial charge in [0.05, 0.1) is 12.2 Å². The topological polar surface area (TPSA) is 67.6 Å². The quantitative estimate of drug-likeness (QED) is 0.815. The predicted octanol–water partition coefficient (Wildman–Crippen LogP) is 2.10. The number of benzene rings is 1. The monoisotopic (exact) mass is 291 g/mol. The van der Waals surface area contributed by atoms with Crippen LogP contribution in [0.25, 0.3) is 0 Å². The van der Waals surface area contributed by atoms with Gasteiger partial charge in [-0.25, -0.2) is 0 Å². The summed E-state index contributed by atoms with van der Waals surface area (Å²) in [5, 5.41) is 2.89. The minimum absolute atomic E-state index is 0.0501. The van der Waals surface area contributed by atoms with Crippen molar-refractivity contribution < 1.29 is 9.53 Å². The number of ether oxygens (including phenoxy) is 1. The van der Waals surface area contributed by atoms with Crippen molar-refractivity contribution in [3.63, 3.8) is 0 Å². The van der Waals surface area contributed by atoms with E-state index in [1.54, 1.807) is 12.1 Å². The van der Waals surface area contributed by atoms with E-state index < -0.39 is 0 Å². The lowest BCUT2D eigenvalue weighted by molar-refractivity contribution is -0.116.